The van der Waals surface area contributed by atoms with Crippen LogP contribution in [-0.2, 0) is 6.54 Å². The molecule has 134 valence electrons. The van der Waals surface area contributed by atoms with Gasteiger partial charge in [-0.05, 0) is 23.8 Å². The highest BCUT2D eigenvalue weighted by Crippen LogP contribution is 2.25. The highest BCUT2D eigenvalue weighted by atomic mass is 19.4. The van der Waals surface area contributed by atoms with Crippen molar-refractivity contribution in [3.05, 3.63) is 70.8 Å². The van der Waals surface area contributed by atoms with Crippen molar-refractivity contribution in [1.29, 1.82) is 0 Å². The fraction of sp³-hybridized carbons (Fsp3) is 0.167. The first-order valence-electron chi connectivity index (χ1n) is 7.65. The zero-order valence-electron chi connectivity index (χ0n) is 13.3. The Kier molecular flexibility index (Phi) is 4.50. The quantitative estimate of drug-likeness (QED) is 0.851. The molecule has 2 aromatic carbocycles. The molecule has 0 saturated heterocycles. The molecule has 3 amide bonds. The molecule has 1 N–H and O–H groups in total. The monoisotopic (exact) mass is 362 g/mol. The lowest BCUT2D eigenvalue weighted by atomic mass is 10.1. The van der Waals surface area contributed by atoms with Gasteiger partial charge in [0.2, 0.25) is 0 Å². The molecule has 0 saturated carbocycles. The molecule has 8 heteroatoms. The molecule has 26 heavy (non-hydrogen) atoms. The second-order valence-corrected chi connectivity index (χ2v) is 5.74. The number of imide groups is 1. The third kappa shape index (κ3) is 3.58. The Hall–Kier alpha value is -3.16. The van der Waals surface area contributed by atoms with Gasteiger partial charge < -0.3 is 5.32 Å². The van der Waals surface area contributed by atoms with Gasteiger partial charge in [-0.3, -0.25) is 19.3 Å². The molecule has 0 bridgehead atoms. The van der Waals surface area contributed by atoms with Crippen molar-refractivity contribution >= 4 is 17.7 Å². The Morgan fingerprint density at radius 2 is 1.62 bits per heavy atom. The van der Waals surface area contributed by atoms with E-state index in [9.17, 15) is 27.6 Å². The Bertz CT molecular complexity index is 879. The Labute approximate surface area is 146 Å². The average Bonchev–Trinajstić information content (AvgIpc) is 2.84. The van der Waals surface area contributed by atoms with Crippen molar-refractivity contribution in [1.82, 2.24) is 10.2 Å². The maximum atomic E-state index is 12.5. The van der Waals surface area contributed by atoms with E-state index in [1.54, 1.807) is 35.6 Å². The van der Waals surface area contributed by atoms with Crippen LogP contribution < -0.4 is 5.32 Å². The van der Waals surface area contributed by atoms with Crippen LogP contribution in [0.2, 0.25) is 0 Å². The summed E-state index contributed by atoms with van der Waals surface area (Å²) in [4.78, 5) is 37.8. The van der Waals surface area contributed by atoms with Gasteiger partial charge in [-0.2, -0.15) is 13.2 Å². The molecular weight excluding hydrogens is 349 g/mol. The van der Waals surface area contributed by atoms with Gasteiger partial charge in [-0.1, -0.05) is 30.3 Å². The van der Waals surface area contributed by atoms with Crippen LogP contribution in [0.15, 0.2) is 48.5 Å². The first-order chi connectivity index (χ1) is 12.3. The molecular formula is C18H13F3N2O3. The zero-order chi connectivity index (χ0) is 18.9. The van der Waals surface area contributed by atoms with Crippen molar-refractivity contribution < 1.29 is 27.6 Å². The maximum absolute atomic E-state index is 12.5. The number of benzene rings is 2. The molecule has 0 atom stereocenters. The summed E-state index contributed by atoms with van der Waals surface area (Å²) in [6.45, 7) is -1.40. The number of carbonyl (C=O) groups excluding carboxylic acids is 3. The average molecular weight is 362 g/mol. The lowest BCUT2D eigenvalue weighted by Crippen LogP contribution is -2.33. The number of nitrogens with one attached hydrogen (secondary N) is 1. The van der Waals surface area contributed by atoms with E-state index in [4.69, 9.17) is 0 Å². The zero-order valence-corrected chi connectivity index (χ0v) is 13.3. The Morgan fingerprint density at radius 1 is 0.962 bits per heavy atom. The van der Waals surface area contributed by atoms with Crippen molar-refractivity contribution in [3.63, 3.8) is 0 Å². The van der Waals surface area contributed by atoms with Crippen LogP contribution in [0.1, 0.15) is 36.6 Å². The second kappa shape index (κ2) is 6.62. The highest BCUT2D eigenvalue weighted by molar-refractivity contribution is 6.22. The molecule has 0 spiro atoms. The summed E-state index contributed by atoms with van der Waals surface area (Å²) in [6, 6.07) is 12.5. The first kappa shape index (κ1) is 17.7. The van der Waals surface area contributed by atoms with Crippen LogP contribution in [-0.4, -0.2) is 35.3 Å². The number of nitrogens with zero attached hydrogens (tertiary/aromatic N) is 1. The molecule has 0 unspecified atom stereocenters. The number of amides is 3. The SMILES string of the molecule is O=C(NCC(F)(F)F)c1ccc2c(c1)C(=O)N(Cc1ccccc1)C2=O. The molecule has 0 radical (unpaired) electrons. The van der Waals surface area contributed by atoms with E-state index < -0.39 is 30.4 Å². The van der Waals surface area contributed by atoms with E-state index in [0.29, 0.717) is 0 Å². The number of hydrogen-bond donors (Lipinski definition) is 1. The number of fused-ring (bicyclic) bond motifs is 1. The van der Waals surface area contributed by atoms with Gasteiger partial charge in [-0.15, -0.1) is 0 Å². The smallest absolute Gasteiger partial charge is 0.343 e. The largest absolute Gasteiger partial charge is 0.405 e. The lowest BCUT2D eigenvalue weighted by Gasteiger charge is -2.13. The summed E-state index contributed by atoms with van der Waals surface area (Å²) < 4.78 is 36.6. The Balaban J connectivity index is 1.80. The van der Waals surface area contributed by atoms with E-state index in [1.165, 1.54) is 12.1 Å². The van der Waals surface area contributed by atoms with E-state index in [-0.39, 0.29) is 23.2 Å². The maximum Gasteiger partial charge on any atom is 0.405 e. The molecule has 0 fully saturated rings. The number of hydrogen-bond acceptors (Lipinski definition) is 3. The predicted molar refractivity (Wildman–Crippen MR) is 85.5 cm³/mol. The number of halogens is 3. The lowest BCUT2D eigenvalue weighted by molar-refractivity contribution is -0.123. The third-order valence-corrected chi connectivity index (χ3v) is 3.87. The Morgan fingerprint density at radius 3 is 2.27 bits per heavy atom. The van der Waals surface area contributed by atoms with Gasteiger partial charge in [0.15, 0.2) is 0 Å². The summed E-state index contributed by atoms with van der Waals surface area (Å²) in [5, 5.41) is 1.73. The van der Waals surface area contributed by atoms with E-state index in [0.717, 1.165) is 16.5 Å². The second-order valence-electron chi connectivity index (χ2n) is 5.74. The number of alkyl halides is 3. The van der Waals surface area contributed by atoms with Crippen LogP contribution in [0.3, 0.4) is 0 Å². The fourth-order valence-corrected chi connectivity index (χ4v) is 2.62. The van der Waals surface area contributed by atoms with Crippen molar-refractivity contribution in [2.24, 2.45) is 0 Å². The van der Waals surface area contributed by atoms with E-state index >= 15 is 0 Å². The molecule has 1 heterocycles. The molecule has 1 aliphatic rings. The van der Waals surface area contributed by atoms with Crippen molar-refractivity contribution in [2.45, 2.75) is 12.7 Å². The third-order valence-electron chi connectivity index (χ3n) is 3.87. The molecule has 0 aromatic heterocycles. The van der Waals surface area contributed by atoms with Crippen LogP contribution in [0.4, 0.5) is 13.2 Å². The first-order valence-corrected chi connectivity index (χ1v) is 7.65. The van der Waals surface area contributed by atoms with Gasteiger partial charge in [-0.25, -0.2) is 0 Å². The summed E-state index contributed by atoms with van der Waals surface area (Å²) in [6.07, 6.45) is -4.54. The van der Waals surface area contributed by atoms with Gasteiger partial charge >= 0.3 is 6.18 Å². The molecule has 0 aliphatic carbocycles. The molecule has 2 aromatic rings. The topological polar surface area (TPSA) is 66.5 Å². The van der Waals surface area contributed by atoms with Crippen LogP contribution in [0.25, 0.3) is 0 Å². The van der Waals surface area contributed by atoms with Crippen LogP contribution in [0.5, 0.6) is 0 Å². The minimum Gasteiger partial charge on any atom is -0.343 e. The van der Waals surface area contributed by atoms with Crippen molar-refractivity contribution in [2.75, 3.05) is 6.54 Å². The number of carbonyl (C=O) groups is 3. The molecule has 3 rings (SSSR count). The van der Waals surface area contributed by atoms with Gasteiger partial charge in [0.1, 0.15) is 6.54 Å². The van der Waals surface area contributed by atoms with Gasteiger partial charge in [0.05, 0.1) is 17.7 Å². The summed E-state index contributed by atoms with van der Waals surface area (Å²) >= 11 is 0. The van der Waals surface area contributed by atoms with Crippen molar-refractivity contribution in [3.8, 4) is 0 Å². The number of rotatable bonds is 4. The van der Waals surface area contributed by atoms with E-state index in [2.05, 4.69) is 0 Å². The van der Waals surface area contributed by atoms with Gasteiger partial charge in [0.25, 0.3) is 17.7 Å². The summed E-state index contributed by atoms with van der Waals surface area (Å²) in [5.74, 6) is -2.05. The summed E-state index contributed by atoms with van der Waals surface area (Å²) in [7, 11) is 0. The standard InChI is InChI=1S/C18H13F3N2O3/c19-18(20,21)10-22-15(24)12-6-7-13-14(8-12)17(26)23(16(13)25)9-11-4-2-1-3-5-11/h1-8H,9-10H2,(H,22,24). The minimum atomic E-state index is -4.54. The van der Waals surface area contributed by atoms with E-state index in [1.807, 2.05) is 0 Å². The van der Waals surface area contributed by atoms with Crippen LogP contribution in [0, 0.1) is 0 Å². The molecule has 5 nitrogen and oxygen atoms in total. The van der Waals surface area contributed by atoms with Crippen LogP contribution >= 0.6 is 0 Å². The minimum absolute atomic E-state index is 0.00518. The van der Waals surface area contributed by atoms with Gasteiger partial charge in [0, 0.05) is 5.56 Å². The summed E-state index contributed by atoms with van der Waals surface area (Å²) in [5.41, 5.74) is 0.768. The normalized spacial score (nSPS) is 13.7. The highest BCUT2D eigenvalue weighted by Gasteiger charge is 2.36. The predicted octanol–water partition coefficient (Wildman–Crippen LogP) is 2.77. The fourth-order valence-electron chi connectivity index (χ4n) is 2.62. The molecule has 1 aliphatic heterocycles.